The molecule has 0 aromatic carbocycles. The lowest BCUT2D eigenvalue weighted by Crippen LogP contribution is -2.05. The van der Waals surface area contributed by atoms with Crippen molar-refractivity contribution in [3.63, 3.8) is 0 Å². The van der Waals surface area contributed by atoms with Gasteiger partial charge in [0.15, 0.2) is 0 Å². The number of thiophene rings is 1. The fraction of sp³-hybridized carbons (Fsp3) is 0.500. The van der Waals surface area contributed by atoms with Gasteiger partial charge in [0.2, 0.25) is 0 Å². The monoisotopic (exact) mass is 225 g/mol. The van der Waals surface area contributed by atoms with Gasteiger partial charge in [0.05, 0.1) is 6.10 Å². The third-order valence-corrected chi connectivity index (χ3v) is 2.91. The molecule has 80 valence electrons. The van der Waals surface area contributed by atoms with E-state index in [0.717, 1.165) is 6.07 Å². The van der Waals surface area contributed by atoms with Crippen LogP contribution in [-0.4, -0.2) is 11.7 Å². The number of rotatable bonds is 3. The Balaban J connectivity index is 2.78. The largest absolute Gasteiger partial charge is 0.425 e. The second-order valence-electron chi connectivity index (χ2n) is 2.79. The van der Waals surface area contributed by atoms with Crippen LogP contribution < -0.4 is 5.73 Å². The topological polar surface area (TPSA) is 46.2 Å². The highest BCUT2D eigenvalue weighted by molar-refractivity contribution is 7.12. The Hall–Kier alpha value is -0.590. The van der Waals surface area contributed by atoms with Crippen LogP contribution in [0.3, 0.4) is 0 Å². The van der Waals surface area contributed by atoms with Crippen molar-refractivity contribution < 1.29 is 18.3 Å². The predicted molar refractivity (Wildman–Crippen MR) is 48.0 cm³/mol. The van der Waals surface area contributed by atoms with Gasteiger partial charge in [-0.3, -0.25) is 0 Å². The highest BCUT2D eigenvalue weighted by Gasteiger charge is 2.32. The van der Waals surface area contributed by atoms with E-state index in [1.54, 1.807) is 0 Å². The third kappa shape index (κ3) is 2.70. The van der Waals surface area contributed by atoms with Crippen LogP contribution in [0.2, 0.25) is 0 Å². The average molecular weight is 225 g/mol. The summed E-state index contributed by atoms with van der Waals surface area (Å²) in [5.74, 6) is 0. The predicted octanol–water partition coefficient (Wildman–Crippen LogP) is 2.15. The van der Waals surface area contributed by atoms with Crippen molar-refractivity contribution in [3.05, 3.63) is 21.9 Å². The van der Waals surface area contributed by atoms with Gasteiger partial charge >= 0.3 is 6.18 Å². The van der Waals surface area contributed by atoms with Gasteiger partial charge in [-0.25, -0.2) is 0 Å². The van der Waals surface area contributed by atoms with E-state index in [4.69, 9.17) is 5.73 Å². The molecule has 0 saturated heterocycles. The standard InChI is InChI=1S/C8H10F3NOS/c9-8(10,11)7-2-1-6(14-7)5(13)3-4-12/h1-2,5,13H,3-4,12H2/t5-/m0/s1. The highest BCUT2D eigenvalue weighted by Crippen LogP contribution is 2.36. The zero-order chi connectivity index (χ0) is 10.8. The summed E-state index contributed by atoms with van der Waals surface area (Å²) in [4.78, 5) is -0.383. The second kappa shape index (κ2) is 4.29. The third-order valence-electron chi connectivity index (χ3n) is 1.67. The molecule has 1 atom stereocenters. The number of hydrogen-bond donors (Lipinski definition) is 2. The van der Waals surface area contributed by atoms with Gasteiger partial charge < -0.3 is 10.8 Å². The number of hydrogen-bond acceptors (Lipinski definition) is 3. The second-order valence-corrected chi connectivity index (χ2v) is 3.91. The van der Waals surface area contributed by atoms with Gasteiger partial charge in [-0.15, -0.1) is 11.3 Å². The first-order valence-corrected chi connectivity index (χ1v) is 4.82. The Bertz CT molecular complexity index is 297. The summed E-state index contributed by atoms with van der Waals surface area (Å²) in [6.45, 7) is 0.250. The molecule has 0 aliphatic carbocycles. The average Bonchev–Trinajstić information content (AvgIpc) is 2.51. The van der Waals surface area contributed by atoms with Crippen LogP contribution in [0.4, 0.5) is 13.2 Å². The van der Waals surface area contributed by atoms with Gasteiger partial charge in [0.1, 0.15) is 4.88 Å². The Kier molecular flexibility index (Phi) is 3.52. The molecule has 1 rings (SSSR count). The minimum absolute atomic E-state index is 0.250. The Morgan fingerprint density at radius 2 is 2.07 bits per heavy atom. The van der Waals surface area contributed by atoms with E-state index in [9.17, 15) is 18.3 Å². The minimum Gasteiger partial charge on any atom is -0.388 e. The molecule has 0 amide bonds. The molecular weight excluding hydrogens is 215 g/mol. The lowest BCUT2D eigenvalue weighted by molar-refractivity contribution is -0.134. The van der Waals surface area contributed by atoms with Gasteiger partial charge in [-0.1, -0.05) is 0 Å². The highest BCUT2D eigenvalue weighted by atomic mass is 32.1. The van der Waals surface area contributed by atoms with Crippen LogP contribution in [0.5, 0.6) is 0 Å². The maximum atomic E-state index is 12.2. The molecule has 0 saturated carbocycles. The molecule has 1 aromatic rings. The van der Waals surface area contributed by atoms with E-state index < -0.39 is 17.2 Å². The number of nitrogens with two attached hydrogens (primary N) is 1. The van der Waals surface area contributed by atoms with Gasteiger partial charge in [0, 0.05) is 4.88 Å². The van der Waals surface area contributed by atoms with Crippen molar-refractivity contribution in [2.24, 2.45) is 5.73 Å². The van der Waals surface area contributed by atoms with Crippen LogP contribution >= 0.6 is 11.3 Å². The van der Waals surface area contributed by atoms with E-state index >= 15 is 0 Å². The minimum atomic E-state index is -4.33. The van der Waals surface area contributed by atoms with Gasteiger partial charge in [-0.2, -0.15) is 13.2 Å². The lowest BCUT2D eigenvalue weighted by atomic mass is 10.2. The summed E-state index contributed by atoms with van der Waals surface area (Å²) in [6, 6.07) is 2.26. The lowest BCUT2D eigenvalue weighted by Gasteiger charge is -2.05. The molecule has 0 aliphatic rings. The molecule has 14 heavy (non-hydrogen) atoms. The van der Waals surface area contributed by atoms with E-state index in [0.29, 0.717) is 16.2 Å². The fourth-order valence-corrected chi connectivity index (χ4v) is 1.88. The van der Waals surface area contributed by atoms with Crippen molar-refractivity contribution in [2.45, 2.75) is 18.7 Å². The van der Waals surface area contributed by atoms with Crippen LogP contribution in [0.1, 0.15) is 22.3 Å². The number of alkyl halides is 3. The molecule has 0 unspecified atom stereocenters. The maximum absolute atomic E-state index is 12.2. The number of aliphatic hydroxyl groups excluding tert-OH is 1. The Morgan fingerprint density at radius 3 is 2.50 bits per heavy atom. The van der Waals surface area contributed by atoms with Gasteiger partial charge in [0.25, 0.3) is 0 Å². The van der Waals surface area contributed by atoms with Crippen LogP contribution in [0.15, 0.2) is 12.1 Å². The van der Waals surface area contributed by atoms with Gasteiger partial charge in [-0.05, 0) is 25.1 Å². The molecule has 0 radical (unpaired) electrons. The molecular formula is C8H10F3NOS. The molecule has 3 N–H and O–H groups in total. The summed E-state index contributed by atoms with van der Waals surface area (Å²) in [6.07, 6.45) is -4.94. The molecule has 0 bridgehead atoms. The first-order chi connectivity index (χ1) is 6.45. The van der Waals surface area contributed by atoms with Crippen molar-refractivity contribution >= 4 is 11.3 Å². The molecule has 0 spiro atoms. The van der Waals surface area contributed by atoms with E-state index in [2.05, 4.69) is 0 Å². The first-order valence-electron chi connectivity index (χ1n) is 4.00. The molecule has 6 heteroatoms. The summed E-state index contributed by atoms with van der Waals surface area (Å²) < 4.78 is 36.5. The maximum Gasteiger partial charge on any atom is 0.425 e. The molecule has 0 aliphatic heterocycles. The van der Waals surface area contributed by atoms with Crippen molar-refractivity contribution in [1.82, 2.24) is 0 Å². The van der Waals surface area contributed by atoms with Crippen molar-refractivity contribution in [1.29, 1.82) is 0 Å². The molecule has 1 heterocycles. The fourth-order valence-electron chi connectivity index (χ4n) is 0.984. The number of aliphatic hydroxyl groups is 1. The van der Waals surface area contributed by atoms with E-state index in [1.807, 2.05) is 0 Å². The quantitative estimate of drug-likeness (QED) is 0.828. The summed E-state index contributed by atoms with van der Waals surface area (Å²) in [5, 5.41) is 9.36. The normalized spacial score (nSPS) is 14.4. The van der Waals surface area contributed by atoms with Crippen molar-refractivity contribution in [3.8, 4) is 0 Å². The van der Waals surface area contributed by atoms with Crippen molar-refractivity contribution in [2.75, 3.05) is 6.54 Å². The summed E-state index contributed by atoms with van der Waals surface area (Å²) in [7, 11) is 0. The van der Waals surface area contributed by atoms with E-state index in [-0.39, 0.29) is 13.0 Å². The summed E-state index contributed by atoms with van der Waals surface area (Å²) >= 11 is 0.557. The van der Waals surface area contributed by atoms with Crippen LogP contribution in [-0.2, 0) is 6.18 Å². The molecule has 2 nitrogen and oxygen atoms in total. The Morgan fingerprint density at radius 1 is 1.43 bits per heavy atom. The van der Waals surface area contributed by atoms with E-state index in [1.165, 1.54) is 6.07 Å². The summed E-state index contributed by atoms with van der Waals surface area (Å²) in [5.41, 5.74) is 5.18. The molecule has 0 fully saturated rings. The SMILES string of the molecule is NCC[C@H](O)c1ccc(C(F)(F)F)s1. The van der Waals surface area contributed by atoms with Crippen LogP contribution in [0.25, 0.3) is 0 Å². The zero-order valence-electron chi connectivity index (χ0n) is 7.21. The number of halogens is 3. The zero-order valence-corrected chi connectivity index (χ0v) is 8.03. The smallest absolute Gasteiger partial charge is 0.388 e. The van der Waals surface area contributed by atoms with Crippen LogP contribution in [0, 0.1) is 0 Å². The first kappa shape index (κ1) is 11.5. The molecule has 1 aromatic heterocycles. The Labute approximate surface area is 83.2 Å².